The van der Waals surface area contributed by atoms with Crippen molar-refractivity contribution in [1.82, 2.24) is 15.1 Å². The van der Waals surface area contributed by atoms with E-state index in [0.717, 1.165) is 9.92 Å². The fourth-order valence-corrected chi connectivity index (χ4v) is 2.55. The second kappa shape index (κ2) is 6.15. The Morgan fingerprint density at radius 1 is 1.19 bits per heavy atom. The molecule has 1 aromatic carbocycles. The Hall–Kier alpha value is -2.05. The third-order valence-electron chi connectivity index (χ3n) is 2.66. The van der Waals surface area contributed by atoms with Gasteiger partial charge in [0.1, 0.15) is 0 Å². The van der Waals surface area contributed by atoms with Crippen LogP contribution in [-0.4, -0.2) is 15.1 Å². The number of hydrogen-bond acceptors (Lipinski definition) is 6. The summed E-state index contributed by atoms with van der Waals surface area (Å²) in [6.07, 6.45) is 3.21. The van der Waals surface area contributed by atoms with Gasteiger partial charge < -0.3 is 10.3 Å². The molecule has 0 saturated heterocycles. The van der Waals surface area contributed by atoms with Crippen LogP contribution in [0.25, 0.3) is 11.5 Å². The van der Waals surface area contributed by atoms with Gasteiger partial charge in [0.25, 0.3) is 5.89 Å². The normalized spacial score (nSPS) is 10.7. The van der Waals surface area contributed by atoms with Crippen LogP contribution in [0.3, 0.4) is 0 Å². The van der Waals surface area contributed by atoms with Crippen molar-refractivity contribution in [3.05, 3.63) is 53.6 Å². The molecule has 0 aliphatic carbocycles. The maximum absolute atomic E-state index is 5.85. The zero-order valence-corrected chi connectivity index (χ0v) is 12.4. The average molecular weight is 319 g/mol. The molecule has 2 N–H and O–H groups in total. The summed E-state index contributed by atoms with van der Waals surface area (Å²) in [5.41, 5.74) is 6.95. The average Bonchev–Trinajstić information content (AvgIpc) is 2.96. The Bertz CT molecular complexity index is 745. The maximum Gasteiger partial charge on any atom is 0.259 e. The molecule has 0 fully saturated rings. The van der Waals surface area contributed by atoms with E-state index in [1.807, 2.05) is 24.3 Å². The lowest BCUT2D eigenvalue weighted by atomic mass is 10.2. The lowest BCUT2D eigenvalue weighted by Gasteiger charge is -1.98. The first-order valence-corrected chi connectivity index (χ1v) is 7.49. The molecular formula is C14H11ClN4OS. The number of nitrogen functional groups attached to an aromatic ring is 1. The van der Waals surface area contributed by atoms with E-state index < -0.39 is 0 Å². The second-order valence-corrected chi connectivity index (χ2v) is 5.75. The molecule has 0 unspecified atom stereocenters. The van der Waals surface area contributed by atoms with Crippen molar-refractivity contribution in [2.45, 2.75) is 10.6 Å². The van der Waals surface area contributed by atoms with Gasteiger partial charge in [0, 0.05) is 22.3 Å². The Kier molecular flexibility index (Phi) is 4.08. The molecule has 2 aromatic heterocycles. The number of hydrogen-bond donors (Lipinski definition) is 1. The monoisotopic (exact) mass is 318 g/mol. The van der Waals surface area contributed by atoms with Gasteiger partial charge in [-0.2, -0.15) is 4.98 Å². The first-order chi connectivity index (χ1) is 10.2. The zero-order valence-electron chi connectivity index (χ0n) is 10.9. The van der Waals surface area contributed by atoms with E-state index in [-0.39, 0.29) is 0 Å². The van der Waals surface area contributed by atoms with Crippen molar-refractivity contribution in [2.75, 3.05) is 5.73 Å². The van der Waals surface area contributed by atoms with Crippen molar-refractivity contribution in [3.8, 4) is 11.5 Å². The molecule has 0 amide bonds. The summed E-state index contributed by atoms with van der Waals surface area (Å²) in [5, 5.41) is 4.67. The largest absolute Gasteiger partial charge is 0.397 e. The number of pyridine rings is 1. The fourth-order valence-electron chi connectivity index (χ4n) is 1.68. The highest BCUT2D eigenvalue weighted by Gasteiger charge is 2.09. The van der Waals surface area contributed by atoms with Gasteiger partial charge in [-0.3, -0.25) is 4.98 Å². The molecule has 7 heteroatoms. The molecule has 2 heterocycles. The molecule has 0 radical (unpaired) electrons. The quantitative estimate of drug-likeness (QED) is 0.740. The van der Waals surface area contributed by atoms with E-state index in [2.05, 4.69) is 15.1 Å². The third-order valence-corrected chi connectivity index (χ3v) is 3.92. The van der Waals surface area contributed by atoms with Crippen LogP contribution in [0.4, 0.5) is 5.69 Å². The lowest BCUT2D eigenvalue weighted by Crippen LogP contribution is -1.88. The van der Waals surface area contributed by atoms with Crippen LogP contribution in [0, 0.1) is 0 Å². The molecule has 0 aliphatic rings. The standard InChI is InChI=1S/C14H11ClN4OS/c15-10-1-3-12(4-2-10)21-8-13-18-14(20-19-13)9-5-11(16)7-17-6-9/h1-7H,8,16H2. The Morgan fingerprint density at radius 3 is 2.76 bits per heavy atom. The summed E-state index contributed by atoms with van der Waals surface area (Å²) in [6, 6.07) is 9.36. The van der Waals surface area contributed by atoms with Crippen LogP contribution in [0.2, 0.25) is 5.02 Å². The van der Waals surface area contributed by atoms with Gasteiger partial charge in [-0.1, -0.05) is 16.8 Å². The summed E-state index contributed by atoms with van der Waals surface area (Å²) in [4.78, 5) is 9.43. The number of benzene rings is 1. The van der Waals surface area contributed by atoms with Gasteiger partial charge in [0.15, 0.2) is 5.82 Å². The summed E-state index contributed by atoms with van der Waals surface area (Å²) in [7, 11) is 0. The SMILES string of the molecule is Nc1cncc(-c2nc(CSc3ccc(Cl)cc3)no2)c1. The van der Waals surface area contributed by atoms with E-state index in [4.69, 9.17) is 21.9 Å². The molecule has 0 saturated carbocycles. The maximum atomic E-state index is 5.85. The number of anilines is 1. The number of rotatable bonds is 4. The van der Waals surface area contributed by atoms with Crippen molar-refractivity contribution in [3.63, 3.8) is 0 Å². The highest BCUT2D eigenvalue weighted by molar-refractivity contribution is 7.98. The molecule has 0 aliphatic heterocycles. The summed E-state index contributed by atoms with van der Waals surface area (Å²) in [6.45, 7) is 0. The van der Waals surface area contributed by atoms with Crippen LogP contribution in [0.1, 0.15) is 5.82 Å². The second-order valence-electron chi connectivity index (χ2n) is 4.27. The summed E-state index contributed by atoms with van der Waals surface area (Å²) < 4.78 is 5.22. The molecule has 0 spiro atoms. The fraction of sp³-hybridized carbons (Fsp3) is 0.0714. The minimum atomic E-state index is 0.418. The summed E-state index contributed by atoms with van der Waals surface area (Å²) >= 11 is 7.46. The van der Waals surface area contributed by atoms with Crippen molar-refractivity contribution in [2.24, 2.45) is 0 Å². The van der Waals surface area contributed by atoms with E-state index in [0.29, 0.717) is 28.7 Å². The molecule has 3 rings (SSSR count). The molecule has 21 heavy (non-hydrogen) atoms. The van der Waals surface area contributed by atoms with E-state index in [9.17, 15) is 0 Å². The van der Waals surface area contributed by atoms with Gasteiger partial charge in [-0.25, -0.2) is 0 Å². The molecule has 106 valence electrons. The predicted molar refractivity (Wildman–Crippen MR) is 83.0 cm³/mol. The molecular weight excluding hydrogens is 308 g/mol. The van der Waals surface area contributed by atoms with Gasteiger partial charge >= 0.3 is 0 Å². The Balaban J connectivity index is 1.69. The molecule has 0 bridgehead atoms. The molecule has 5 nitrogen and oxygen atoms in total. The smallest absolute Gasteiger partial charge is 0.259 e. The zero-order chi connectivity index (χ0) is 14.7. The summed E-state index contributed by atoms with van der Waals surface area (Å²) in [5.74, 6) is 1.65. The van der Waals surface area contributed by atoms with Gasteiger partial charge in [-0.05, 0) is 30.3 Å². The number of nitrogens with two attached hydrogens (primary N) is 1. The number of nitrogens with zero attached hydrogens (tertiary/aromatic N) is 3. The number of aromatic nitrogens is 3. The van der Waals surface area contributed by atoms with Gasteiger partial charge in [-0.15, -0.1) is 11.8 Å². The lowest BCUT2D eigenvalue weighted by molar-refractivity contribution is 0.425. The van der Waals surface area contributed by atoms with Crippen LogP contribution < -0.4 is 5.73 Å². The minimum absolute atomic E-state index is 0.418. The van der Waals surface area contributed by atoms with Crippen LogP contribution in [0.5, 0.6) is 0 Å². The van der Waals surface area contributed by atoms with E-state index >= 15 is 0 Å². The molecule has 3 aromatic rings. The highest BCUT2D eigenvalue weighted by atomic mass is 35.5. The van der Waals surface area contributed by atoms with Gasteiger partial charge in [0.05, 0.1) is 17.0 Å². The first-order valence-electron chi connectivity index (χ1n) is 6.12. The van der Waals surface area contributed by atoms with Crippen molar-refractivity contribution >= 4 is 29.1 Å². The minimum Gasteiger partial charge on any atom is -0.397 e. The molecule has 0 atom stereocenters. The predicted octanol–water partition coefficient (Wildman–Crippen LogP) is 3.66. The number of halogens is 1. The van der Waals surface area contributed by atoms with Gasteiger partial charge in [0.2, 0.25) is 0 Å². The third kappa shape index (κ3) is 3.53. The van der Waals surface area contributed by atoms with Crippen molar-refractivity contribution in [1.29, 1.82) is 0 Å². The van der Waals surface area contributed by atoms with Crippen LogP contribution in [0.15, 0.2) is 52.1 Å². The van der Waals surface area contributed by atoms with E-state index in [1.54, 1.807) is 30.2 Å². The van der Waals surface area contributed by atoms with Crippen molar-refractivity contribution < 1.29 is 4.52 Å². The first kappa shape index (κ1) is 13.9. The van der Waals surface area contributed by atoms with Crippen LogP contribution in [-0.2, 0) is 5.75 Å². The van der Waals surface area contributed by atoms with E-state index in [1.165, 1.54) is 0 Å². The topological polar surface area (TPSA) is 77.8 Å². The Morgan fingerprint density at radius 2 is 2.00 bits per heavy atom. The van der Waals surface area contributed by atoms with Crippen LogP contribution >= 0.6 is 23.4 Å². The Labute approximate surface area is 130 Å². The highest BCUT2D eigenvalue weighted by Crippen LogP contribution is 2.24. The number of thioether (sulfide) groups is 1.